The monoisotopic (exact) mass is 442 g/mol. The number of fused-ring (bicyclic) bond motifs is 1. The van der Waals surface area contributed by atoms with Gasteiger partial charge in [0.15, 0.2) is 11.9 Å². The lowest BCUT2D eigenvalue weighted by atomic mass is 10.1. The second kappa shape index (κ2) is 8.22. The van der Waals surface area contributed by atoms with Crippen LogP contribution in [-0.4, -0.2) is 29.5 Å². The van der Waals surface area contributed by atoms with Crippen LogP contribution in [0.1, 0.15) is 22.8 Å². The molecule has 0 fully saturated rings. The largest absolute Gasteiger partial charge is 0.476 e. The molecule has 29 heavy (non-hydrogen) atoms. The summed E-state index contributed by atoms with van der Waals surface area (Å²) in [5, 5.41) is 13.4. The van der Waals surface area contributed by atoms with Gasteiger partial charge < -0.3 is 14.8 Å². The van der Waals surface area contributed by atoms with Crippen LogP contribution in [0.2, 0.25) is 10.0 Å². The number of nitro groups is 1. The van der Waals surface area contributed by atoms with E-state index < -0.39 is 40.1 Å². The number of benzene rings is 2. The van der Waals surface area contributed by atoms with Gasteiger partial charge in [0.25, 0.3) is 5.91 Å². The zero-order chi connectivity index (χ0) is 21.3. The molecule has 0 bridgehead atoms. The Morgan fingerprint density at radius 1 is 1.34 bits per heavy atom. The highest BCUT2D eigenvalue weighted by atomic mass is 35.5. The number of nitrogens with one attached hydrogen (secondary N) is 1. The highest BCUT2D eigenvalue weighted by Crippen LogP contribution is 2.51. The van der Waals surface area contributed by atoms with Crippen LogP contribution in [0, 0.1) is 15.9 Å². The van der Waals surface area contributed by atoms with E-state index in [4.69, 9.17) is 32.7 Å². The molecule has 0 radical (unpaired) electrons. The highest BCUT2D eigenvalue weighted by molar-refractivity contribution is 6.45. The molecule has 0 saturated carbocycles. The number of ether oxygens (including phenoxy) is 2. The average Bonchev–Trinajstić information content (AvgIpc) is 3.11. The number of hydrogen-bond donors (Lipinski definition) is 1. The molecule has 1 amide bonds. The molecule has 0 spiro atoms. The van der Waals surface area contributed by atoms with Gasteiger partial charge in [-0.1, -0.05) is 35.3 Å². The van der Waals surface area contributed by atoms with Gasteiger partial charge >= 0.3 is 11.7 Å². The van der Waals surface area contributed by atoms with Crippen molar-refractivity contribution in [1.82, 2.24) is 0 Å². The van der Waals surface area contributed by atoms with Crippen molar-refractivity contribution in [3.63, 3.8) is 0 Å². The lowest BCUT2D eigenvalue weighted by Gasteiger charge is -2.13. The van der Waals surface area contributed by atoms with Crippen molar-refractivity contribution in [3.8, 4) is 5.75 Å². The average molecular weight is 443 g/mol. The Kier molecular flexibility index (Phi) is 5.90. The molecule has 1 N–H and O–H groups in total. The summed E-state index contributed by atoms with van der Waals surface area (Å²) < 4.78 is 24.2. The van der Waals surface area contributed by atoms with E-state index in [1.54, 1.807) is 6.92 Å². The third kappa shape index (κ3) is 3.83. The van der Waals surface area contributed by atoms with Crippen molar-refractivity contribution in [3.05, 3.63) is 61.4 Å². The van der Waals surface area contributed by atoms with Crippen LogP contribution >= 0.6 is 23.2 Å². The van der Waals surface area contributed by atoms with Gasteiger partial charge in [0, 0.05) is 6.42 Å². The third-order valence-corrected chi connectivity index (χ3v) is 4.98. The first-order valence-electron chi connectivity index (χ1n) is 8.33. The van der Waals surface area contributed by atoms with E-state index in [1.165, 1.54) is 18.2 Å². The lowest BCUT2D eigenvalue weighted by molar-refractivity contribution is -0.384. The predicted octanol–water partition coefficient (Wildman–Crippen LogP) is 4.16. The van der Waals surface area contributed by atoms with E-state index >= 15 is 0 Å². The number of anilines is 1. The Labute approximate surface area is 173 Å². The molecule has 1 aliphatic rings. The van der Waals surface area contributed by atoms with Gasteiger partial charge in [0.05, 0.1) is 27.7 Å². The lowest BCUT2D eigenvalue weighted by Crippen LogP contribution is -2.27. The summed E-state index contributed by atoms with van der Waals surface area (Å²) in [6, 6.07) is 5.10. The molecule has 2 aromatic rings. The zero-order valence-electron chi connectivity index (χ0n) is 14.8. The van der Waals surface area contributed by atoms with Gasteiger partial charge in [0.1, 0.15) is 16.5 Å². The van der Waals surface area contributed by atoms with Gasteiger partial charge in [0.2, 0.25) is 0 Å². The number of hydrogen-bond acceptors (Lipinski definition) is 6. The molecule has 152 valence electrons. The van der Waals surface area contributed by atoms with Crippen molar-refractivity contribution in [1.29, 1.82) is 0 Å². The van der Waals surface area contributed by atoms with Crippen LogP contribution < -0.4 is 10.1 Å². The topological polar surface area (TPSA) is 108 Å². The van der Waals surface area contributed by atoms with Crippen molar-refractivity contribution in [2.45, 2.75) is 19.4 Å². The van der Waals surface area contributed by atoms with E-state index in [2.05, 4.69) is 5.32 Å². The fraction of sp³-hybridized carbons (Fsp3) is 0.222. The molecule has 0 aromatic heterocycles. The van der Waals surface area contributed by atoms with E-state index in [0.717, 1.165) is 6.07 Å². The normalized spacial score (nSPS) is 14.7. The van der Waals surface area contributed by atoms with Crippen molar-refractivity contribution in [2.24, 2.45) is 0 Å². The van der Waals surface area contributed by atoms with Crippen molar-refractivity contribution >= 4 is 46.5 Å². The molecular formula is C18H13Cl2FN2O6. The number of halogens is 3. The smallest absolute Gasteiger partial charge is 0.347 e. The molecule has 1 unspecified atom stereocenters. The van der Waals surface area contributed by atoms with Crippen molar-refractivity contribution < 1.29 is 28.4 Å². The fourth-order valence-corrected chi connectivity index (χ4v) is 3.37. The minimum absolute atomic E-state index is 0.0220. The van der Waals surface area contributed by atoms with Crippen LogP contribution in [-0.2, 0) is 16.0 Å². The van der Waals surface area contributed by atoms with Gasteiger partial charge in [-0.3, -0.25) is 14.9 Å². The number of esters is 1. The predicted molar refractivity (Wildman–Crippen MR) is 102 cm³/mol. The number of carbonyl (C=O) groups is 2. The summed E-state index contributed by atoms with van der Waals surface area (Å²) in [6.45, 7) is 1.69. The van der Waals surface area contributed by atoms with Crippen LogP contribution in [0.25, 0.3) is 0 Å². The van der Waals surface area contributed by atoms with Gasteiger partial charge in [-0.05, 0) is 19.1 Å². The van der Waals surface area contributed by atoms with Crippen LogP contribution in [0.15, 0.2) is 24.3 Å². The second-order valence-electron chi connectivity index (χ2n) is 5.91. The molecule has 8 nitrogen and oxygen atoms in total. The molecule has 0 saturated heterocycles. The zero-order valence-corrected chi connectivity index (χ0v) is 16.3. The van der Waals surface area contributed by atoms with Gasteiger partial charge in [-0.25, -0.2) is 9.18 Å². The Bertz CT molecular complexity index is 1030. The van der Waals surface area contributed by atoms with E-state index in [0.29, 0.717) is 0 Å². The van der Waals surface area contributed by atoms with Crippen molar-refractivity contribution in [2.75, 3.05) is 11.9 Å². The van der Waals surface area contributed by atoms with Crippen LogP contribution in [0.5, 0.6) is 5.75 Å². The van der Waals surface area contributed by atoms with Crippen LogP contribution in [0.4, 0.5) is 15.8 Å². The Balaban J connectivity index is 2.06. The SMILES string of the molecule is CCOC(=O)C1Cc2c(c(Cl)c(Cl)c(NC(=O)c3ccccc3F)c2[N+](=O)[O-])O1. The molecule has 11 heteroatoms. The quantitative estimate of drug-likeness (QED) is 0.423. The number of nitrogens with zero attached hydrogens (tertiary/aromatic N) is 1. The summed E-state index contributed by atoms with van der Waals surface area (Å²) >= 11 is 12.3. The van der Waals surface area contributed by atoms with Crippen LogP contribution in [0.3, 0.4) is 0 Å². The molecule has 3 rings (SSSR count). The first kappa shape index (κ1) is 20.8. The summed E-state index contributed by atoms with van der Waals surface area (Å²) in [7, 11) is 0. The molecular weight excluding hydrogens is 430 g/mol. The Hall–Kier alpha value is -2.91. The second-order valence-corrected chi connectivity index (χ2v) is 6.67. The van der Waals surface area contributed by atoms with E-state index in [1.807, 2.05) is 0 Å². The summed E-state index contributed by atoms with van der Waals surface area (Å²) in [5.41, 5.74) is -1.37. The Morgan fingerprint density at radius 3 is 2.66 bits per heavy atom. The van der Waals surface area contributed by atoms with Gasteiger partial charge in [-0.2, -0.15) is 0 Å². The molecule has 2 aromatic carbocycles. The van der Waals surface area contributed by atoms with E-state index in [9.17, 15) is 24.1 Å². The fourth-order valence-electron chi connectivity index (χ4n) is 2.89. The molecule has 0 aliphatic carbocycles. The first-order chi connectivity index (χ1) is 13.8. The Morgan fingerprint density at radius 2 is 2.03 bits per heavy atom. The van der Waals surface area contributed by atoms with E-state index in [-0.39, 0.29) is 39.9 Å². The number of amides is 1. The molecule has 1 heterocycles. The molecule has 1 aliphatic heterocycles. The van der Waals surface area contributed by atoms with Gasteiger partial charge in [-0.15, -0.1) is 0 Å². The molecule has 1 atom stereocenters. The standard InChI is InChI=1S/C18H13Cl2FN2O6/c1-2-28-18(25)11-7-9-15(23(26)27)14(12(19)13(20)16(9)29-11)22-17(24)8-5-3-4-6-10(8)21/h3-6,11H,2,7H2,1H3,(H,22,24). The summed E-state index contributed by atoms with van der Waals surface area (Å²) in [6.07, 6.45) is -1.35. The number of carbonyl (C=O) groups excluding carboxylic acids is 2. The number of rotatable bonds is 5. The first-order valence-corrected chi connectivity index (χ1v) is 9.09. The number of nitro benzene ring substituents is 1. The minimum Gasteiger partial charge on any atom is -0.476 e. The third-order valence-electron chi connectivity index (χ3n) is 4.15. The maximum Gasteiger partial charge on any atom is 0.347 e. The highest BCUT2D eigenvalue weighted by Gasteiger charge is 2.41. The summed E-state index contributed by atoms with van der Waals surface area (Å²) in [4.78, 5) is 35.4. The maximum absolute atomic E-state index is 13.9. The maximum atomic E-state index is 13.9. The minimum atomic E-state index is -1.14. The summed E-state index contributed by atoms with van der Waals surface area (Å²) in [5.74, 6) is -2.63.